The molecular formula is C23H31N3O4S2. The molecule has 1 atom stereocenters. The van der Waals surface area contributed by atoms with Crippen molar-refractivity contribution < 1.29 is 18.6 Å². The van der Waals surface area contributed by atoms with Gasteiger partial charge < -0.3 is 19.3 Å². The molecule has 2 heterocycles. The molecule has 0 saturated carbocycles. The summed E-state index contributed by atoms with van der Waals surface area (Å²) in [4.78, 5) is 13.6. The van der Waals surface area contributed by atoms with Crippen molar-refractivity contribution in [2.45, 2.75) is 62.5 Å². The number of nitrogens with one attached hydrogen (secondary N) is 1. The molecule has 1 unspecified atom stereocenters. The Kier molecular flexibility index (Phi) is 9.23. The maximum Gasteiger partial charge on any atom is 0.277 e. The molecule has 9 heteroatoms. The number of unbranched alkanes of at least 4 members (excludes halogenated alkanes) is 6. The smallest absolute Gasteiger partial charge is 0.277 e. The highest BCUT2D eigenvalue weighted by atomic mass is 32.2. The summed E-state index contributed by atoms with van der Waals surface area (Å²) in [6, 6.07) is 8.94. The predicted octanol–water partition coefficient (Wildman–Crippen LogP) is 5.49. The zero-order chi connectivity index (χ0) is 22.9. The SMILES string of the molecule is CCCCCCCCCS(=O)Cc1cc(NC(=O)C2=C(O)c3ccccc3SN2C)no1. The van der Waals surface area contributed by atoms with Crippen molar-refractivity contribution in [3.05, 3.63) is 47.4 Å². The molecule has 0 bridgehead atoms. The van der Waals surface area contributed by atoms with Crippen LogP contribution in [-0.4, -0.2) is 37.5 Å². The van der Waals surface area contributed by atoms with E-state index in [1.54, 1.807) is 23.5 Å². The van der Waals surface area contributed by atoms with E-state index in [0.717, 1.165) is 17.7 Å². The van der Waals surface area contributed by atoms with Crippen molar-refractivity contribution in [3.63, 3.8) is 0 Å². The van der Waals surface area contributed by atoms with Gasteiger partial charge in [-0.3, -0.25) is 9.00 Å². The van der Waals surface area contributed by atoms with Crippen molar-refractivity contribution in [1.82, 2.24) is 9.46 Å². The Hall–Kier alpha value is -2.26. The second kappa shape index (κ2) is 12.1. The van der Waals surface area contributed by atoms with E-state index in [0.29, 0.717) is 17.1 Å². The fourth-order valence-electron chi connectivity index (χ4n) is 3.53. The minimum atomic E-state index is -1.03. The predicted molar refractivity (Wildman–Crippen MR) is 129 cm³/mol. The molecule has 0 saturated heterocycles. The normalized spacial score (nSPS) is 14.4. The monoisotopic (exact) mass is 477 g/mol. The lowest BCUT2D eigenvalue weighted by Crippen LogP contribution is -2.27. The molecule has 174 valence electrons. The minimum absolute atomic E-state index is 0.0844. The fraction of sp³-hybridized carbons (Fsp3) is 0.478. The quantitative estimate of drug-likeness (QED) is 0.308. The maximum atomic E-state index is 12.8. The fourth-order valence-corrected chi connectivity index (χ4v) is 5.61. The van der Waals surface area contributed by atoms with Gasteiger partial charge in [-0.2, -0.15) is 0 Å². The number of aliphatic hydroxyl groups is 1. The third kappa shape index (κ3) is 6.62. The molecule has 32 heavy (non-hydrogen) atoms. The molecule has 0 radical (unpaired) electrons. The van der Waals surface area contributed by atoms with E-state index in [4.69, 9.17) is 4.52 Å². The highest BCUT2D eigenvalue weighted by Crippen LogP contribution is 2.38. The van der Waals surface area contributed by atoms with Crippen LogP contribution < -0.4 is 5.32 Å². The molecule has 7 nitrogen and oxygen atoms in total. The van der Waals surface area contributed by atoms with Crippen LogP contribution in [0.2, 0.25) is 0 Å². The van der Waals surface area contributed by atoms with Crippen LogP contribution in [0, 0.1) is 0 Å². The van der Waals surface area contributed by atoms with Crippen molar-refractivity contribution in [2.75, 3.05) is 18.1 Å². The lowest BCUT2D eigenvalue weighted by molar-refractivity contribution is -0.113. The van der Waals surface area contributed by atoms with Crippen LogP contribution in [0.5, 0.6) is 0 Å². The molecule has 3 rings (SSSR count). The van der Waals surface area contributed by atoms with Gasteiger partial charge >= 0.3 is 0 Å². The number of aromatic nitrogens is 1. The number of carbonyl (C=O) groups excluding carboxylic acids is 1. The van der Waals surface area contributed by atoms with Gasteiger partial charge in [0.15, 0.2) is 23.0 Å². The zero-order valence-electron chi connectivity index (χ0n) is 18.6. The topological polar surface area (TPSA) is 95.7 Å². The molecule has 2 N–H and O–H groups in total. The van der Waals surface area contributed by atoms with E-state index >= 15 is 0 Å². The third-order valence-corrected chi connectivity index (χ3v) is 7.57. The van der Waals surface area contributed by atoms with Crippen LogP contribution in [-0.2, 0) is 21.3 Å². The van der Waals surface area contributed by atoms with Crippen molar-refractivity contribution in [3.8, 4) is 0 Å². The molecule has 2 aromatic rings. The van der Waals surface area contributed by atoms with Crippen LogP contribution in [0.3, 0.4) is 0 Å². The first-order chi connectivity index (χ1) is 15.5. The van der Waals surface area contributed by atoms with Crippen LogP contribution in [0.4, 0.5) is 5.82 Å². The van der Waals surface area contributed by atoms with E-state index in [2.05, 4.69) is 17.4 Å². The average molecular weight is 478 g/mol. The van der Waals surface area contributed by atoms with Crippen molar-refractivity contribution in [2.24, 2.45) is 0 Å². The zero-order valence-corrected chi connectivity index (χ0v) is 20.3. The highest BCUT2D eigenvalue weighted by Gasteiger charge is 2.28. The molecule has 1 aliphatic rings. The Labute approximate surface area is 196 Å². The standard InChI is InChI=1S/C23H31N3O4S2/c1-3-4-5-6-7-8-11-14-32(29)16-17-15-20(25-30-17)24-23(28)21-22(27)18-12-9-10-13-19(18)31-26(21)2/h9-10,12-13,15,27H,3-8,11,14,16H2,1-2H3,(H,24,25,28). The lowest BCUT2D eigenvalue weighted by atomic mass is 10.1. The summed E-state index contributed by atoms with van der Waals surface area (Å²) in [5.41, 5.74) is 0.753. The Morgan fingerprint density at radius 1 is 1.19 bits per heavy atom. The van der Waals surface area contributed by atoms with Crippen molar-refractivity contribution in [1.29, 1.82) is 0 Å². The number of likely N-dealkylation sites (N-methyl/N-ethyl adjacent to an activating group) is 1. The van der Waals surface area contributed by atoms with Gasteiger partial charge in [0.1, 0.15) is 0 Å². The van der Waals surface area contributed by atoms with Gasteiger partial charge in [0, 0.05) is 40.1 Å². The first-order valence-electron chi connectivity index (χ1n) is 11.1. The molecular weight excluding hydrogens is 446 g/mol. The number of carbonyl (C=O) groups is 1. The highest BCUT2D eigenvalue weighted by molar-refractivity contribution is 7.97. The summed E-state index contributed by atoms with van der Waals surface area (Å²) in [5.74, 6) is 1.04. The number of rotatable bonds is 12. The molecule has 1 aliphatic heterocycles. The van der Waals surface area contributed by atoms with Crippen LogP contribution in [0.15, 0.2) is 45.4 Å². The molecule has 0 aliphatic carbocycles. The Morgan fingerprint density at radius 2 is 1.91 bits per heavy atom. The number of nitrogens with zero attached hydrogens (tertiary/aromatic N) is 2. The first kappa shape index (κ1) is 24.4. The van der Waals surface area contributed by atoms with Gasteiger partial charge in [-0.1, -0.05) is 62.7 Å². The Balaban J connectivity index is 1.50. The van der Waals surface area contributed by atoms with Gasteiger partial charge in [-0.15, -0.1) is 0 Å². The number of hydrogen-bond donors (Lipinski definition) is 2. The second-order valence-electron chi connectivity index (χ2n) is 7.82. The largest absolute Gasteiger partial charge is 0.505 e. The van der Waals surface area contributed by atoms with Crippen LogP contribution in [0.1, 0.15) is 63.2 Å². The molecule has 1 amide bonds. The van der Waals surface area contributed by atoms with Crippen molar-refractivity contribution >= 4 is 40.2 Å². The average Bonchev–Trinajstić information content (AvgIpc) is 3.19. The summed E-state index contributed by atoms with van der Waals surface area (Å²) in [6.45, 7) is 2.21. The summed E-state index contributed by atoms with van der Waals surface area (Å²) < 4.78 is 19.2. The van der Waals surface area contributed by atoms with E-state index in [-0.39, 0.29) is 23.0 Å². The summed E-state index contributed by atoms with van der Waals surface area (Å²) in [7, 11) is 0.688. The summed E-state index contributed by atoms with van der Waals surface area (Å²) in [6.07, 6.45) is 8.28. The minimum Gasteiger partial charge on any atom is -0.505 e. The number of anilines is 1. The number of fused-ring (bicyclic) bond motifs is 1. The molecule has 1 aromatic heterocycles. The summed E-state index contributed by atoms with van der Waals surface area (Å²) in [5, 5.41) is 17.1. The van der Waals surface area contributed by atoms with E-state index in [9.17, 15) is 14.1 Å². The number of amides is 1. The maximum absolute atomic E-state index is 12.8. The number of hydrogen-bond acceptors (Lipinski definition) is 7. The van der Waals surface area contributed by atoms with Crippen LogP contribution in [0.25, 0.3) is 5.76 Å². The molecule has 0 spiro atoms. The Bertz CT molecular complexity index is 974. The van der Waals surface area contributed by atoms with Gasteiger partial charge in [0.05, 0.1) is 5.75 Å². The molecule has 0 fully saturated rings. The van der Waals surface area contributed by atoms with Gasteiger partial charge in [-0.25, -0.2) is 0 Å². The van der Waals surface area contributed by atoms with Gasteiger partial charge in [0.2, 0.25) is 0 Å². The van der Waals surface area contributed by atoms with Gasteiger partial charge in [-0.05, 0) is 30.5 Å². The van der Waals surface area contributed by atoms with E-state index in [1.165, 1.54) is 44.1 Å². The lowest BCUT2D eigenvalue weighted by Gasteiger charge is -2.27. The van der Waals surface area contributed by atoms with E-state index < -0.39 is 16.7 Å². The number of benzene rings is 1. The summed E-state index contributed by atoms with van der Waals surface area (Å²) >= 11 is 1.36. The third-order valence-electron chi connectivity index (χ3n) is 5.21. The van der Waals surface area contributed by atoms with Crippen LogP contribution >= 0.6 is 11.9 Å². The Morgan fingerprint density at radius 3 is 2.69 bits per heavy atom. The number of aliphatic hydroxyl groups excluding tert-OH is 1. The van der Waals surface area contributed by atoms with Gasteiger partial charge in [0.25, 0.3) is 5.91 Å². The molecule has 1 aromatic carbocycles. The van der Waals surface area contributed by atoms with E-state index in [1.807, 2.05) is 18.2 Å². The second-order valence-corrected chi connectivity index (χ2v) is 10.6. The first-order valence-corrected chi connectivity index (χ1v) is 13.3.